The van der Waals surface area contributed by atoms with Crippen LogP contribution in [0.5, 0.6) is 0 Å². The maximum atomic E-state index is 12.6. The number of carbonyl (C=O) groups excluding carboxylic acids is 1. The Hall–Kier alpha value is -2.90. The zero-order chi connectivity index (χ0) is 16.5. The van der Waals surface area contributed by atoms with Crippen molar-refractivity contribution >= 4 is 17.4 Å². The molecule has 0 saturated carbocycles. The monoisotopic (exact) mass is 325 g/mol. The van der Waals surface area contributed by atoms with Crippen molar-refractivity contribution in [3.05, 3.63) is 42.5 Å². The number of piperidine rings is 1. The van der Waals surface area contributed by atoms with E-state index in [-0.39, 0.29) is 11.9 Å². The molecule has 0 aliphatic carbocycles. The predicted molar refractivity (Wildman–Crippen MR) is 88.9 cm³/mol. The molecule has 24 heavy (non-hydrogen) atoms. The number of nitrogens with one attached hydrogen (secondary N) is 1. The van der Waals surface area contributed by atoms with E-state index in [1.54, 1.807) is 35.4 Å². The summed E-state index contributed by atoms with van der Waals surface area (Å²) in [6.07, 6.45) is 8.81. The van der Waals surface area contributed by atoms with Gasteiger partial charge in [0.1, 0.15) is 11.4 Å². The second kappa shape index (κ2) is 5.95. The first-order valence-electron chi connectivity index (χ1n) is 8.04. The highest BCUT2D eigenvalue weighted by Gasteiger charge is 2.24. The van der Waals surface area contributed by atoms with Gasteiger partial charge in [-0.1, -0.05) is 0 Å². The maximum Gasteiger partial charge on any atom is 0.257 e. The van der Waals surface area contributed by atoms with Crippen LogP contribution in [0.3, 0.4) is 0 Å². The smallest absolute Gasteiger partial charge is 0.257 e. The number of aryl methyl sites for hydroxylation is 1. The topological polar surface area (TPSA) is 80.4 Å². The third kappa shape index (κ3) is 2.60. The van der Waals surface area contributed by atoms with Gasteiger partial charge in [0, 0.05) is 44.6 Å². The first-order valence-corrected chi connectivity index (χ1v) is 8.04. The average molecular weight is 325 g/mol. The van der Waals surface area contributed by atoms with Crippen LogP contribution in [0.15, 0.2) is 36.9 Å². The lowest BCUT2D eigenvalue weighted by atomic mass is 10.1. The van der Waals surface area contributed by atoms with Crippen LogP contribution in [-0.2, 0) is 7.05 Å². The summed E-state index contributed by atoms with van der Waals surface area (Å²) in [5.74, 6) is 0.951. The molecule has 124 valence electrons. The first-order chi connectivity index (χ1) is 11.7. The quantitative estimate of drug-likeness (QED) is 0.772. The van der Waals surface area contributed by atoms with Crippen molar-refractivity contribution in [2.24, 2.45) is 7.05 Å². The molecule has 3 aromatic heterocycles. The molecule has 1 fully saturated rings. The van der Waals surface area contributed by atoms with Crippen LogP contribution in [0.1, 0.15) is 23.2 Å². The van der Waals surface area contributed by atoms with Crippen molar-refractivity contribution in [1.82, 2.24) is 29.7 Å². The maximum absolute atomic E-state index is 12.6. The lowest BCUT2D eigenvalue weighted by molar-refractivity contribution is 0.0934. The van der Waals surface area contributed by atoms with Gasteiger partial charge in [0.2, 0.25) is 0 Å². The molecular weight excluding hydrogens is 306 g/mol. The van der Waals surface area contributed by atoms with E-state index >= 15 is 0 Å². The van der Waals surface area contributed by atoms with Crippen LogP contribution >= 0.6 is 0 Å². The molecule has 1 saturated heterocycles. The number of hydrogen-bond donors (Lipinski definition) is 1. The summed E-state index contributed by atoms with van der Waals surface area (Å²) in [4.78, 5) is 19.1. The molecular formula is C16H19N7O. The van der Waals surface area contributed by atoms with E-state index in [0.29, 0.717) is 11.2 Å². The summed E-state index contributed by atoms with van der Waals surface area (Å²) < 4.78 is 3.47. The molecule has 0 spiro atoms. The summed E-state index contributed by atoms with van der Waals surface area (Å²) in [6.45, 7) is 1.75. The summed E-state index contributed by atoms with van der Waals surface area (Å²) in [6, 6.07) is 3.88. The highest BCUT2D eigenvalue weighted by molar-refractivity contribution is 5.99. The van der Waals surface area contributed by atoms with Crippen LogP contribution in [0, 0.1) is 0 Å². The number of rotatable bonds is 3. The summed E-state index contributed by atoms with van der Waals surface area (Å²) >= 11 is 0. The van der Waals surface area contributed by atoms with Gasteiger partial charge in [-0.25, -0.2) is 9.50 Å². The average Bonchev–Trinajstić information content (AvgIpc) is 3.21. The van der Waals surface area contributed by atoms with Crippen molar-refractivity contribution in [2.45, 2.75) is 18.9 Å². The highest BCUT2D eigenvalue weighted by Crippen LogP contribution is 2.19. The largest absolute Gasteiger partial charge is 0.355 e. The van der Waals surface area contributed by atoms with E-state index in [9.17, 15) is 4.79 Å². The van der Waals surface area contributed by atoms with Crippen LogP contribution in [-0.4, -0.2) is 49.4 Å². The Morgan fingerprint density at radius 1 is 1.33 bits per heavy atom. The van der Waals surface area contributed by atoms with E-state index in [1.807, 2.05) is 17.8 Å². The van der Waals surface area contributed by atoms with Gasteiger partial charge in [0.15, 0.2) is 5.65 Å². The number of nitrogens with zero attached hydrogens (tertiary/aromatic N) is 6. The van der Waals surface area contributed by atoms with Crippen molar-refractivity contribution in [1.29, 1.82) is 0 Å². The van der Waals surface area contributed by atoms with Crippen molar-refractivity contribution in [3.63, 3.8) is 0 Å². The van der Waals surface area contributed by atoms with Gasteiger partial charge < -0.3 is 10.2 Å². The Morgan fingerprint density at radius 3 is 3.08 bits per heavy atom. The Balaban J connectivity index is 1.48. The highest BCUT2D eigenvalue weighted by atomic mass is 16.1. The van der Waals surface area contributed by atoms with Gasteiger partial charge >= 0.3 is 0 Å². The summed E-state index contributed by atoms with van der Waals surface area (Å²) in [7, 11) is 1.93. The number of amides is 1. The molecule has 0 bridgehead atoms. The van der Waals surface area contributed by atoms with E-state index < -0.39 is 0 Å². The van der Waals surface area contributed by atoms with Gasteiger partial charge in [-0.15, -0.1) is 0 Å². The third-order valence-corrected chi connectivity index (χ3v) is 4.40. The second-order valence-corrected chi connectivity index (χ2v) is 6.02. The number of carbonyl (C=O) groups is 1. The van der Waals surface area contributed by atoms with Crippen LogP contribution in [0.4, 0.5) is 5.82 Å². The number of anilines is 1. The molecule has 1 aliphatic heterocycles. The van der Waals surface area contributed by atoms with Gasteiger partial charge in [0.25, 0.3) is 5.91 Å². The molecule has 1 aliphatic rings. The minimum Gasteiger partial charge on any atom is -0.355 e. The minimum atomic E-state index is -0.124. The zero-order valence-corrected chi connectivity index (χ0v) is 13.5. The van der Waals surface area contributed by atoms with Gasteiger partial charge in [-0.3, -0.25) is 9.48 Å². The normalized spacial score (nSPS) is 18.0. The number of aromatic nitrogens is 5. The molecule has 1 atom stereocenters. The molecule has 8 nitrogen and oxygen atoms in total. The Bertz CT molecular complexity index is 868. The van der Waals surface area contributed by atoms with Gasteiger partial charge in [-0.05, 0) is 18.9 Å². The fraction of sp³-hybridized carbons (Fsp3) is 0.375. The van der Waals surface area contributed by atoms with E-state index in [4.69, 9.17) is 0 Å². The Labute approximate surface area is 139 Å². The predicted octanol–water partition coefficient (Wildman–Crippen LogP) is 0.862. The standard InChI is InChI=1S/C16H19N7O/c1-21-14(5-7-18-21)22-8-2-4-12(11-22)20-16(24)13-10-19-23-9-3-6-17-15(13)23/h3,5-7,9-10,12H,2,4,8,11H2,1H3,(H,20,24). The Kier molecular flexibility index (Phi) is 3.64. The van der Waals surface area contributed by atoms with E-state index in [1.165, 1.54) is 0 Å². The molecule has 0 radical (unpaired) electrons. The number of fused-ring (bicyclic) bond motifs is 1. The van der Waals surface area contributed by atoms with Crippen LogP contribution in [0.25, 0.3) is 5.65 Å². The van der Waals surface area contributed by atoms with Crippen molar-refractivity contribution in [2.75, 3.05) is 18.0 Å². The van der Waals surface area contributed by atoms with E-state index in [0.717, 1.165) is 31.7 Å². The SMILES string of the molecule is Cn1nccc1N1CCCC(NC(=O)c2cnn3cccnc23)C1. The molecule has 1 amide bonds. The van der Waals surface area contributed by atoms with Gasteiger partial charge in [-0.2, -0.15) is 10.2 Å². The molecule has 4 rings (SSSR count). The van der Waals surface area contributed by atoms with E-state index in [2.05, 4.69) is 25.4 Å². The molecule has 3 aromatic rings. The summed E-state index contributed by atoms with van der Waals surface area (Å²) in [5.41, 5.74) is 1.09. The minimum absolute atomic E-state index is 0.0970. The van der Waals surface area contributed by atoms with Gasteiger partial charge in [0.05, 0.1) is 12.4 Å². The fourth-order valence-corrected chi connectivity index (χ4v) is 3.23. The van der Waals surface area contributed by atoms with Crippen molar-refractivity contribution < 1.29 is 4.79 Å². The molecule has 1 unspecified atom stereocenters. The lowest BCUT2D eigenvalue weighted by Gasteiger charge is -2.34. The zero-order valence-electron chi connectivity index (χ0n) is 13.5. The second-order valence-electron chi connectivity index (χ2n) is 6.02. The molecule has 4 heterocycles. The molecule has 1 N–H and O–H groups in total. The third-order valence-electron chi connectivity index (χ3n) is 4.40. The van der Waals surface area contributed by atoms with Crippen LogP contribution in [0.2, 0.25) is 0 Å². The fourth-order valence-electron chi connectivity index (χ4n) is 3.23. The lowest BCUT2D eigenvalue weighted by Crippen LogP contribution is -2.48. The number of hydrogen-bond acceptors (Lipinski definition) is 5. The first kappa shape index (κ1) is 14.7. The molecule has 0 aromatic carbocycles. The molecule has 8 heteroatoms. The van der Waals surface area contributed by atoms with Crippen LogP contribution < -0.4 is 10.2 Å². The summed E-state index contributed by atoms with van der Waals surface area (Å²) in [5, 5.41) is 11.5. The Morgan fingerprint density at radius 2 is 2.25 bits per heavy atom. The van der Waals surface area contributed by atoms with Crippen molar-refractivity contribution in [3.8, 4) is 0 Å².